The number of carboxylic acid groups (broad SMARTS) is 1. The Morgan fingerprint density at radius 3 is 2.43 bits per heavy atom. The van der Waals surface area contributed by atoms with Crippen molar-refractivity contribution in [1.82, 2.24) is 5.32 Å². The van der Waals surface area contributed by atoms with Gasteiger partial charge in [-0.1, -0.05) is 0 Å². The molecule has 7 nitrogen and oxygen atoms in total. The van der Waals surface area contributed by atoms with Crippen molar-refractivity contribution in [3.05, 3.63) is 23.8 Å². The van der Waals surface area contributed by atoms with Gasteiger partial charge in [0.15, 0.2) is 0 Å². The molecule has 2 fully saturated rings. The van der Waals surface area contributed by atoms with Crippen molar-refractivity contribution in [3.8, 4) is 0 Å². The van der Waals surface area contributed by atoms with Crippen molar-refractivity contribution in [2.75, 3.05) is 29.4 Å². The van der Waals surface area contributed by atoms with Crippen LogP contribution in [0.25, 0.3) is 0 Å². The predicted octanol–water partition coefficient (Wildman–Crippen LogP) is 1.82. The Kier molecular flexibility index (Phi) is 4.18. The lowest BCUT2D eigenvalue weighted by atomic mass is 10.1. The molecule has 0 atom stereocenters. The zero-order valence-electron chi connectivity index (χ0n) is 12.7. The zero-order valence-corrected chi connectivity index (χ0v) is 12.7. The normalized spacial score (nSPS) is 18.8. The number of benzene rings is 1. The summed E-state index contributed by atoms with van der Waals surface area (Å²) >= 11 is 0. The van der Waals surface area contributed by atoms with E-state index < -0.39 is 12.0 Å². The molecule has 122 valence electrons. The molecule has 3 rings (SSSR count). The second-order valence-corrected chi connectivity index (χ2v) is 5.81. The van der Waals surface area contributed by atoms with Gasteiger partial charge in [-0.25, -0.2) is 9.59 Å². The molecule has 0 aliphatic carbocycles. The van der Waals surface area contributed by atoms with Crippen LogP contribution < -0.4 is 15.1 Å². The van der Waals surface area contributed by atoms with E-state index in [0.29, 0.717) is 5.69 Å². The number of nitrogens with zero attached hydrogens (tertiary/aromatic N) is 2. The average Bonchev–Trinajstić information content (AvgIpc) is 2.55. The lowest BCUT2D eigenvalue weighted by molar-refractivity contribution is -0.120. The quantitative estimate of drug-likeness (QED) is 0.887. The van der Waals surface area contributed by atoms with Gasteiger partial charge in [0.2, 0.25) is 5.91 Å². The highest BCUT2D eigenvalue weighted by atomic mass is 16.4. The molecule has 2 aliphatic rings. The van der Waals surface area contributed by atoms with Gasteiger partial charge in [-0.2, -0.15) is 0 Å². The standard InChI is InChI=1S/C16H19N3O4/c20-14-6-9-19(16(23)17-14)13-10-11(15(21)22)4-5-12(13)18-7-2-1-3-8-18/h4-5,10H,1-3,6-9H2,(H,21,22)(H,17,20,23). The molecule has 2 heterocycles. The van der Waals surface area contributed by atoms with E-state index >= 15 is 0 Å². The molecule has 7 heteroatoms. The maximum Gasteiger partial charge on any atom is 0.335 e. The third-order valence-electron chi connectivity index (χ3n) is 4.26. The number of nitrogens with one attached hydrogen (secondary N) is 1. The van der Waals surface area contributed by atoms with Crippen LogP contribution in [-0.2, 0) is 4.79 Å². The average molecular weight is 317 g/mol. The Balaban J connectivity index is 2.00. The fourth-order valence-electron chi connectivity index (χ4n) is 3.07. The number of piperidine rings is 1. The van der Waals surface area contributed by atoms with Crippen LogP contribution in [-0.4, -0.2) is 42.6 Å². The molecular formula is C16H19N3O4. The fraction of sp³-hybridized carbons (Fsp3) is 0.438. The first kappa shape index (κ1) is 15.3. The molecule has 2 saturated heterocycles. The molecule has 0 saturated carbocycles. The number of carboxylic acids is 1. The molecule has 2 aliphatic heterocycles. The number of carbonyl (C=O) groups is 3. The minimum Gasteiger partial charge on any atom is -0.478 e. The Labute approximate surface area is 133 Å². The van der Waals surface area contributed by atoms with E-state index in [4.69, 9.17) is 0 Å². The third kappa shape index (κ3) is 3.13. The maximum absolute atomic E-state index is 12.1. The zero-order chi connectivity index (χ0) is 16.4. The Hall–Kier alpha value is -2.57. The minimum atomic E-state index is -1.04. The van der Waals surface area contributed by atoms with E-state index in [2.05, 4.69) is 10.2 Å². The van der Waals surface area contributed by atoms with Gasteiger partial charge in [-0.3, -0.25) is 15.0 Å². The smallest absolute Gasteiger partial charge is 0.335 e. The van der Waals surface area contributed by atoms with Gasteiger partial charge in [-0.05, 0) is 37.5 Å². The minimum absolute atomic E-state index is 0.130. The molecule has 23 heavy (non-hydrogen) atoms. The van der Waals surface area contributed by atoms with Crippen LogP contribution in [0.4, 0.5) is 16.2 Å². The van der Waals surface area contributed by atoms with Crippen LogP contribution in [0.15, 0.2) is 18.2 Å². The Morgan fingerprint density at radius 1 is 1.04 bits per heavy atom. The molecular weight excluding hydrogens is 298 g/mol. The van der Waals surface area contributed by atoms with Crippen LogP contribution in [0.3, 0.4) is 0 Å². The van der Waals surface area contributed by atoms with Gasteiger partial charge in [0.25, 0.3) is 0 Å². The van der Waals surface area contributed by atoms with Gasteiger partial charge in [0.1, 0.15) is 0 Å². The molecule has 0 unspecified atom stereocenters. The molecule has 3 amide bonds. The van der Waals surface area contributed by atoms with E-state index in [9.17, 15) is 19.5 Å². The first-order valence-corrected chi connectivity index (χ1v) is 7.80. The van der Waals surface area contributed by atoms with Crippen molar-refractivity contribution < 1.29 is 19.5 Å². The van der Waals surface area contributed by atoms with Crippen molar-refractivity contribution >= 4 is 29.3 Å². The number of anilines is 2. The van der Waals surface area contributed by atoms with Crippen molar-refractivity contribution in [2.24, 2.45) is 0 Å². The second-order valence-electron chi connectivity index (χ2n) is 5.81. The summed E-state index contributed by atoms with van der Waals surface area (Å²) in [4.78, 5) is 38.4. The molecule has 0 aromatic heterocycles. The highest BCUT2D eigenvalue weighted by molar-refractivity contribution is 6.07. The number of hydrogen-bond acceptors (Lipinski definition) is 4. The van der Waals surface area contributed by atoms with Gasteiger partial charge >= 0.3 is 12.0 Å². The first-order chi connectivity index (χ1) is 11.1. The number of aromatic carboxylic acids is 1. The number of carbonyl (C=O) groups excluding carboxylic acids is 2. The van der Waals surface area contributed by atoms with Gasteiger partial charge < -0.3 is 10.0 Å². The highest BCUT2D eigenvalue weighted by Crippen LogP contribution is 2.33. The summed E-state index contributed by atoms with van der Waals surface area (Å²) in [7, 11) is 0. The van der Waals surface area contributed by atoms with Gasteiger partial charge in [0.05, 0.1) is 16.9 Å². The molecule has 0 bridgehead atoms. The lowest BCUT2D eigenvalue weighted by Gasteiger charge is -2.35. The van der Waals surface area contributed by atoms with Gasteiger partial charge in [0, 0.05) is 26.1 Å². The summed E-state index contributed by atoms with van der Waals surface area (Å²) < 4.78 is 0. The fourth-order valence-corrected chi connectivity index (χ4v) is 3.07. The summed E-state index contributed by atoms with van der Waals surface area (Å²) in [5, 5.41) is 11.5. The predicted molar refractivity (Wildman–Crippen MR) is 85.0 cm³/mol. The summed E-state index contributed by atoms with van der Waals surface area (Å²) in [5.74, 6) is -1.34. The highest BCUT2D eigenvalue weighted by Gasteiger charge is 2.28. The van der Waals surface area contributed by atoms with Crippen molar-refractivity contribution in [2.45, 2.75) is 25.7 Å². The maximum atomic E-state index is 12.1. The lowest BCUT2D eigenvalue weighted by Crippen LogP contribution is -2.50. The number of imide groups is 1. The SMILES string of the molecule is O=C1CCN(c2cc(C(=O)O)ccc2N2CCCCC2)C(=O)N1. The summed E-state index contributed by atoms with van der Waals surface area (Å²) in [6.07, 6.45) is 3.54. The van der Waals surface area contributed by atoms with Crippen molar-refractivity contribution in [1.29, 1.82) is 0 Å². The number of hydrogen-bond donors (Lipinski definition) is 2. The summed E-state index contributed by atoms with van der Waals surface area (Å²) in [5.41, 5.74) is 1.53. The molecule has 0 radical (unpaired) electrons. The number of rotatable bonds is 3. The van der Waals surface area contributed by atoms with Gasteiger partial charge in [-0.15, -0.1) is 0 Å². The summed E-state index contributed by atoms with van der Waals surface area (Å²) in [6, 6.07) is 4.33. The topological polar surface area (TPSA) is 90.0 Å². The van der Waals surface area contributed by atoms with E-state index in [1.54, 1.807) is 12.1 Å². The molecule has 1 aromatic carbocycles. The molecule has 0 spiro atoms. The monoisotopic (exact) mass is 317 g/mol. The van der Waals surface area contributed by atoms with Crippen LogP contribution in [0, 0.1) is 0 Å². The first-order valence-electron chi connectivity index (χ1n) is 7.80. The van der Waals surface area contributed by atoms with E-state index in [1.807, 2.05) is 0 Å². The van der Waals surface area contributed by atoms with Crippen LogP contribution in [0.2, 0.25) is 0 Å². The number of amides is 3. The number of urea groups is 1. The van der Waals surface area contributed by atoms with Crippen molar-refractivity contribution in [3.63, 3.8) is 0 Å². The van der Waals surface area contributed by atoms with Crippen LogP contribution in [0.1, 0.15) is 36.0 Å². The molecule has 2 N–H and O–H groups in total. The largest absolute Gasteiger partial charge is 0.478 e. The Morgan fingerprint density at radius 2 is 1.78 bits per heavy atom. The van der Waals surface area contributed by atoms with Crippen LogP contribution >= 0.6 is 0 Å². The summed E-state index contributed by atoms with van der Waals surface area (Å²) in [6.45, 7) is 2.02. The van der Waals surface area contributed by atoms with E-state index in [1.165, 1.54) is 17.4 Å². The molecule has 1 aromatic rings. The third-order valence-corrected chi connectivity index (χ3v) is 4.26. The van der Waals surface area contributed by atoms with Crippen LogP contribution in [0.5, 0.6) is 0 Å². The van der Waals surface area contributed by atoms with E-state index in [-0.39, 0.29) is 24.4 Å². The Bertz CT molecular complexity index is 653. The van der Waals surface area contributed by atoms with E-state index in [0.717, 1.165) is 31.6 Å². The second kappa shape index (κ2) is 6.28.